The number of methoxy groups -OCH3 is 1. The summed E-state index contributed by atoms with van der Waals surface area (Å²) in [5.41, 5.74) is 3.03. The summed E-state index contributed by atoms with van der Waals surface area (Å²) in [5, 5.41) is 5.34. The van der Waals surface area contributed by atoms with Gasteiger partial charge in [-0.3, -0.25) is 4.57 Å². The summed E-state index contributed by atoms with van der Waals surface area (Å²) in [4.78, 5) is 0. The van der Waals surface area contributed by atoms with Crippen LogP contribution in [0.1, 0.15) is 19.4 Å². The van der Waals surface area contributed by atoms with E-state index in [4.69, 9.17) is 13.8 Å². The van der Waals surface area contributed by atoms with Crippen molar-refractivity contribution in [1.82, 2.24) is 9.78 Å². The minimum atomic E-state index is -3.57. The quantitative estimate of drug-likeness (QED) is 0.579. The van der Waals surface area contributed by atoms with Gasteiger partial charge in [-0.2, -0.15) is 5.10 Å². The van der Waals surface area contributed by atoms with Gasteiger partial charge in [-0.05, 0) is 51.1 Å². The summed E-state index contributed by atoms with van der Waals surface area (Å²) in [6, 6.07) is 13.3. The van der Waals surface area contributed by atoms with E-state index in [1.165, 1.54) is 0 Å². The maximum Gasteiger partial charge on any atom is 0.380 e. The second kappa shape index (κ2) is 7.62. The van der Waals surface area contributed by atoms with Crippen LogP contribution in [0.3, 0.4) is 0 Å². The highest BCUT2D eigenvalue weighted by Crippen LogP contribution is 2.49. The highest BCUT2D eigenvalue weighted by atomic mass is 31.2. The van der Waals surface area contributed by atoms with Crippen LogP contribution in [0, 0.1) is 6.92 Å². The number of aryl methyl sites for hydroxylation is 1. The molecule has 0 spiro atoms. The number of ether oxygens (including phenoxy) is 1. The molecular weight excluding hydrogens is 351 g/mol. The van der Waals surface area contributed by atoms with Crippen LogP contribution < -0.4 is 10.2 Å². The van der Waals surface area contributed by atoms with E-state index < -0.39 is 7.60 Å². The Bertz CT molecular complexity index is 940. The highest BCUT2D eigenvalue weighted by molar-refractivity contribution is 7.62. The van der Waals surface area contributed by atoms with Crippen LogP contribution in [0.4, 0.5) is 0 Å². The molecule has 6 nitrogen and oxygen atoms in total. The zero-order valence-electron chi connectivity index (χ0n) is 15.4. The van der Waals surface area contributed by atoms with Crippen LogP contribution in [-0.4, -0.2) is 30.1 Å². The van der Waals surface area contributed by atoms with Crippen molar-refractivity contribution < 1.29 is 18.3 Å². The lowest BCUT2D eigenvalue weighted by molar-refractivity contribution is 0.229. The first-order chi connectivity index (χ1) is 12.5. The maximum atomic E-state index is 13.6. The molecule has 0 N–H and O–H groups in total. The second-order valence-corrected chi connectivity index (χ2v) is 7.72. The fourth-order valence-corrected chi connectivity index (χ4v) is 4.67. The Kier molecular flexibility index (Phi) is 5.47. The van der Waals surface area contributed by atoms with Gasteiger partial charge in [-0.25, -0.2) is 4.68 Å². The zero-order chi connectivity index (χ0) is 18.7. The summed E-state index contributed by atoms with van der Waals surface area (Å²) in [6.07, 6.45) is 0. The van der Waals surface area contributed by atoms with Crippen molar-refractivity contribution in [3.05, 3.63) is 48.0 Å². The lowest BCUT2D eigenvalue weighted by atomic mass is 10.2. The molecule has 0 fully saturated rings. The molecule has 0 saturated carbocycles. The van der Waals surface area contributed by atoms with E-state index in [0.29, 0.717) is 22.1 Å². The van der Waals surface area contributed by atoms with Crippen molar-refractivity contribution in [2.24, 2.45) is 0 Å². The molecule has 138 valence electrons. The molecule has 7 heteroatoms. The number of hydrogen-bond donors (Lipinski definition) is 0. The maximum absolute atomic E-state index is 13.6. The summed E-state index contributed by atoms with van der Waals surface area (Å²) in [5.74, 6) is 0.654. The smallest absolute Gasteiger partial charge is 0.380 e. The molecule has 0 atom stereocenters. The van der Waals surface area contributed by atoms with Gasteiger partial charge in [-0.15, -0.1) is 0 Å². The van der Waals surface area contributed by atoms with E-state index in [9.17, 15) is 4.57 Å². The fourth-order valence-electron chi connectivity index (χ4n) is 2.81. The summed E-state index contributed by atoms with van der Waals surface area (Å²) in [6.45, 7) is 6.13. The largest absolute Gasteiger partial charge is 0.497 e. The molecule has 0 aliphatic heterocycles. The van der Waals surface area contributed by atoms with Gasteiger partial charge in [0.25, 0.3) is 0 Å². The summed E-state index contributed by atoms with van der Waals surface area (Å²) in [7, 11) is -1.98. The first-order valence-corrected chi connectivity index (χ1v) is 10.1. The van der Waals surface area contributed by atoms with Gasteiger partial charge in [-0.1, -0.05) is 17.7 Å². The van der Waals surface area contributed by atoms with E-state index in [0.717, 1.165) is 11.3 Å². The number of benzene rings is 2. The molecule has 1 heterocycles. The van der Waals surface area contributed by atoms with Crippen LogP contribution in [0.25, 0.3) is 16.6 Å². The fraction of sp³-hybridized carbons (Fsp3) is 0.316. The van der Waals surface area contributed by atoms with Crippen LogP contribution in [0.5, 0.6) is 5.75 Å². The number of hydrogen-bond acceptors (Lipinski definition) is 5. The summed E-state index contributed by atoms with van der Waals surface area (Å²) < 4.78 is 31.8. The Labute approximate surface area is 153 Å². The van der Waals surface area contributed by atoms with Crippen LogP contribution in [0.2, 0.25) is 0 Å². The zero-order valence-corrected chi connectivity index (χ0v) is 16.3. The first-order valence-electron chi connectivity index (χ1n) is 8.56. The number of aromatic nitrogens is 2. The van der Waals surface area contributed by atoms with Gasteiger partial charge < -0.3 is 13.8 Å². The lowest BCUT2D eigenvalue weighted by Gasteiger charge is -2.19. The summed E-state index contributed by atoms with van der Waals surface area (Å²) >= 11 is 0. The van der Waals surface area contributed by atoms with Gasteiger partial charge in [0.1, 0.15) is 5.75 Å². The predicted molar refractivity (Wildman–Crippen MR) is 103 cm³/mol. The monoisotopic (exact) mass is 374 g/mol. The lowest BCUT2D eigenvalue weighted by Crippen LogP contribution is -2.20. The van der Waals surface area contributed by atoms with Crippen LogP contribution in [0.15, 0.2) is 42.5 Å². The number of nitrogens with zero attached hydrogens (tertiary/aromatic N) is 2. The standard InChI is InChI=1S/C19H23N2O4P/c1-5-24-26(22,25-6-2)19-17-13-16(23-4)11-12-18(17)20-21(19)15-9-7-14(3)8-10-15/h7-13H,5-6H2,1-4H3. The Morgan fingerprint density at radius 2 is 1.69 bits per heavy atom. The molecular formula is C19H23N2O4P. The Balaban J connectivity index is 2.33. The van der Waals surface area contributed by atoms with Crippen molar-refractivity contribution >= 4 is 23.9 Å². The molecule has 0 aliphatic carbocycles. The van der Waals surface area contributed by atoms with Gasteiger partial charge in [0, 0.05) is 5.39 Å². The molecule has 0 bridgehead atoms. The topological polar surface area (TPSA) is 62.6 Å². The van der Waals surface area contributed by atoms with E-state index in [1.807, 2.05) is 49.4 Å². The third kappa shape index (κ3) is 3.40. The van der Waals surface area contributed by atoms with Crippen LogP contribution >= 0.6 is 7.60 Å². The minimum Gasteiger partial charge on any atom is -0.497 e. The van der Waals surface area contributed by atoms with Crippen LogP contribution in [-0.2, 0) is 13.6 Å². The van der Waals surface area contributed by atoms with Gasteiger partial charge >= 0.3 is 7.60 Å². The second-order valence-electron chi connectivity index (χ2n) is 5.79. The first kappa shape index (κ1) is 18.6. The highest BCUT2D eigenvalue weighted by Gasteiger charge is 2.35. The van der Waals surface area contributed by atoms with E-state index >= 15 is 0 Å². The number of fused-ring (bicyclic) bond motifs is 1. The molecule has 1 aromatic heterocycles. The number of rotatable bonds is 7. The van der Waals surface area contributed by atoms with Gasteiger partial charge in [0.15, 0.2) is 5.44 Å². The van der Waals surface area contributed by atoms with Gasteiger partial charge in [0.05, 0.1) is 31.5 Å². The van der Waals surface area contributed by atoms with E-state index in [2.05, 4.69) is 5.10 Å². The Morgan fingerprint density at radius 3 is 2.27 bits per heavy atom. The molecule has 3 aromatic rings. The minimum absolute atomic E-state index is 0.266. The predicted octanol–water partition coefficient (Wildman–Crippen LogP) is 4.23. The molecule has 0 aliphatic rings. The third-order valence-corrected chi connectivity index (χ3v) is 6.13. The van der Waals surface area contributed by atoms with Crippen molar-refractivity contribution in [1.29, 1.82) is 0 Å². The van der Waals surface area contributed by atoms with Crippen molar-refractivity contribution in [2.45, 2.75) is 20.8 Å². The molecule has 26 heavy (non-hydrogen) atoms. The Hall–Kier alpha value is -2.14. The van der Waals surface area contributed by atoms with Crippen molar-refractivity contribution in [2.75, 3.05) is 20.3 Å². The molecule has 2 aromatic carbocycles. The van der Waals surface area contributed by atoms with Gasteiger partial charge in [0.2, 0.25) is 0 Å². The molecule has 0 radical (unpaired) electrons. The van der Waals surface area contributed by atoms with Crippen molar-refractivity contribution in [3.63, 3.8) is 0 Å². The normalized spacial score (nSPS) is 11.8. The van der Waals surface area contributed by atoms with Crippen molar-refractivity contribution in [3.8, 4) is 11.4 Å². The SMILES string of the molecule is CCOP(=O)(OCC)c1c2cc(OC)ccc2nn1-c1ccc(C)cc1. The van der Waals surface area contributed by atoms with E-state index in [1.54, 1.807) is 25.6 Å². The Morgan fingerprint density at radius 1 is 1.04 bits per heavy atom. The molecule has 0 unspecified atom stereocenters. The third-order valence-electron chi connectivity index (χ3n) is 3.99. The average Bonchev–Trinajstić information content (AvgIpc) is 3.02. The molecule has 3 rings (SSSR count). The molecule has 0 saturated heterocycles. The van der Waals surface area contributed by atoms with E-state index in [-0.39, 0.29) is 13.2 Å². The average molecular weight is 374 g/mol. The molecule has 0 amide bonds.